The third kappa shape index (κ3) is 3.78. The highest BCUT2D eigenvalue weighted by molar-refractivity contribution is 9.09. The summed E-state index contributed by atoms with van der Waals surface area (Å²) in [6, 6.07) is 0. The van der Waals surface area contributed by atoms with E-state index in [2.05, 4.69) is 42.8 Å². The monoisotopic (exact) mass is 478 g/mol. The largest absolute Gasteiger partial charge is 0.390 e. The van der Waals surface area contributed by atoms with Crippen molar-refractivity contribution in [2.45, 2.75) is 110 Å². The van der Waals surface area contributed by atoms with E-state index in [0.717, 1.165) is 43.4 Å². The summed E-state index contributed by atoms with van der Waals surface area (Å²) in [5.74, 6) is 3.15. The summed E-state index contributed by atoms with van der Waals surface area (Å²) >= 11 is 3.55. The van der Waals surface area contributed by atoms with Crippen molar-refractivity contribution in [2.75, 3.05) is 5.33 Å². The van der Waals surface area contributed by atoms with Gasteiger partial charge in [-0.15, -0.1) is 0 Å². The summed E-state index contributed by atoms with van der Waals surface area (Å²) in [5.41, 5.74) is 1.27. The van der Waals surface area contributed by atoms with Gasteiger partial charge in [-0.1, -0.05) is 61.0 Å². The summed E-state index contributed by atoms with van der Waals surface area (Å²) < 4.78 is 0. The predicted octanol–water partition coefficient (Wildman–Crippen LogP) is 7.23. The third-order valence-corrected chi connectivity index (χ3v) is 11.0. The number of ketones is 1. The van der Waals surface area contributed by atoms with Crippen molar-refractivity contribution >= 4 is 21.7 Å². The molecule has 2 nitrogen and oxygen atoms in total. The first-order chi connectivity index (χ1) is 14.2. The molecule has 0 aromatic rings. The lowest BCUT2D eigenvalue weighted by molar-refractivity contribution is -0.135. The summed E-state index contributed by atoms with van der Waals surface area (Å²) in [4.78, 5) is 12.3. The van der Waals surface area contributed by atoms with Crippen LogP contribution in [0, 0.1) is 34.5 Å². The molecule has 1 N–H and O–H groups in total. The lowest BCUT2D eigenvalue weighted by Gasteiger charge is -2.61. The van der Waals surface area contributed by atoms with E-state index in [1.54, 1.807) is 0 Å². The van der Waals surface area contributed by atoms with Gasteiger partial charge in [0.25, 0.3) is 0 Å². The molecule has 4 aliphatic rings. The van der Waals surface area contributed by atoms with Crippen LogP contribution in [0.2, 0.25) is 0 Å². The highest BCUT2D eigenvalue weighted by Gasteiger charge is 2.64. The van der Waals surface area contributed by atoms with E-state index in [0.29, 0.717) is 23.5 Å². The first kappa shape index (κ1) is 23.0. The number of carbonyl (C=O) groups excluding carboxylic acids is 1. The zero-order valence-corrected chi connectivity index (χ0v) is 21.1. The molecule has 7 atom stereocenters. The second-order valence-corrected chi connectivity index (χ2v) is 12.6. The molecule has 3 fully saturated rings. The molecule has 3 saturated carbocycles. The number of aliphatic hydroxyl groups is 1. The number of rotatable bonds is 7. The van der Waals surface area contributed by atoms with E-state index in [4.69, 9.17) is 0 Å². The van der Waals surface area contributed by atoms with Crippen LogP contribution in [0.3, 0.4) is 0 Å². The van der Waals surface area contributed by atoms with Crippen LogP contribution in [0.1, 0.15) is 104 Å². The van der Waals surface area contributed by atoms with Gasteiger partial charge in [0.05, 0.1) is 5.60 Å². The summed E-state index contributed by atoms with van der Waals surface area (Å²) in [6.45, 7) is 6.99. The average Bonchev–Trinajstić information content (AvgIpc) is 2.95. The van der Waals surface area contributed by atoms with Gasteiger partial charge in [-0.2, -0.15) is 0 Å². The van der Waals surface area contributed by atoms with Crippen LogP contribution >= 0.6 is 15.9 Å². The van der Waals surface area contributed by atoms with Gasteiger partial charge in [0.1, 0.15) is 0 Å². The van der Waals surface area contributed by atoms with E-state index in [9.17, 15) is 9.90 Å². The highest BCUT2D eigenvalue weighted by Crippen LogP contribution is 2.69. The number of unbranched alkanes of at least 4 members (excludes halogenated alkanes) is 4. The Hall–Kier alpha value is -0.150. The fraction of sp³-hybridized carbons (Fsp3) is 0.889. The molecule has 0 aliphatic heterocycles. The summed E-state index contributed by atoms with van der Waals surface area (Å²) in [6.07, 6.45) is 17.5. The second kappa shape index (κ2) is 8.65. The summed E-state index contributed by atoms with van der Waals surface area (Å²) in [7, 11) is 0. The Morgan fingerprint density at radius 2 is 1.70 bits per heavy atom. The van der Waals surface area contributed by atoms with Gasteiger partial charge in [0.15, 0.2) is 5.78 Å². The fourth-order valence-corrected chi connectivity index (χ4v) is 8.67. The van der Waals surface area contributed by atoms with Crippen LogP contribution in [0.4, 0.5) is 0 Å². The van der Waals surface area contributed by atoms with Gasteiger partial charge in [0, 0.05) is 11.8 Å². The lowest BCUT2D eigenvalue weighted by Crippen LogP contribution is -2.56. The van der Waals surface area contributed by atoms with Gasteiger partial charge in [-0.3, -0.25) is 4.79 Å². The minimum Gasteiger partial charge on any atom is -0.390 e. The molecule has 0 aromatic carbocycles. The first-order valence-corrected chi connectivity index (χ1v) is 13.9. The maximum Gasteiger partial charge on any atom is 0.155 e. The molecule has 0 amide bonds. The Labute approximate surface area is 192 Å². The topological polar surface area (TPSA) is 37.3 Å². The molecule has 0 saturated heterocycles. The van der Waals surface area contributed by atoms with Crippen LogP contribution in [0.5, 0.6) is 0 Å². The van der Waals surface area contributed by atoms with Crippen molar-refractivity contribution in [1.29, 1.82) is 0 Å². The Morgan fingerprint density at radius 1 is 1.00 bits per heavy atom. The molecule has 0 spiro atoms. The molecule has 0 radical (unpaired) electrons. The van der Waals surface area contributed by atoms with E-state index in [-0.39, 0.29) is 10.8 Å². The summed E-state index contributed by atoms with van der Waals surface area (Å²) in [5, 5.41) is 12.4. The fourth-order valence-electron chi connectivity index (χ4n) is 8.28. The SMILES string of the molecule is C[C@]12CCC(=O)C=C1C[C@@H](CCCCCCCBr)[C@@H]1[C@@H]2CC[C@@]2(C)[C@H]1CC[C@]2(C)O. The maximum atomic E-state index is 12.3. The maximum absolute atomic E-state index is 12.3. The number of allylic oxidation sites excluding steroid dienone is 1. The predicted molar refractivity (Wildman–Crippen MR) is 128 cm³/mol. The Bertz CT molecular complexity index is 682. The van der Waals surface area contributed by atoms with E-state index >= 15 is 0 Å². The molecule has 30 heavy (non-hydrogen) atoms. The number of hydrogen-bond donors (Lipinski definition) is 1. The molecule has 4 aliphatic carbocycles. The van der Waals surface area contributed by atoms with E-state index < -0.39 is 5.60 Å². The van der Waals surface area contributed by atoms with Gasteiger partial charge >= 0.3 is 0 Å². The molecule has 170 valence electrons. The molecule has 0 bridgehead atoms. The van der Waals surface area contributed by atoms with Crippen molar-refractivity contribution < 1.29 is 9.90 Å². The van der Waals surface area contributed by atoms with Gasteiger partial charge < -0.3 is 5.11 Å². The Kier molecular flexibility index (Phi) is 6.64. The van der Waals surface area contributed by atoms with Gasteiger partial charge in [-0.25, -0.2) is 0 Å². The smallest absolute Gasteiger partial charge is 0.155 e. The molecular formula is C27H43BrO2. The molecule has 0 aromatic heterocycles. The van der Waals surface area contributed by atoms with Crippen LogP contribution in [-0.2, 0) is 4.79 Å². The highest BCUT2D eigenvalue weighted by atomic mass is 79.9. The molecule has 0 unspecified atom stereocenters. The zero-order valence-electron chi connectivity index (χ0n) is 19.5. The van der Waals surface area contributed by atoms with Crippen LogP contribution in [-0.4, -0.2) is 21.8 Å². The lowest BCUT2D eigenvalue weighted by atomic mass is 9.44. The van der Waals surface area contributed by atoms with Crippen molar-refractivity contribution in [3.05, 3.63) is 11.6 Å². The Balaban J connectivity index is 1.57. The van der Waals surface area contributed by atoms with E-state index in [1.807, 2.05) is 0 Å². The average molecular weight is 480 g/mol. The minimum absolute atomic E-state index is 0.0738. The normalized spacial score (nSPS) is 45.5. The quantitative estimate of drug-likeness (QED) is 0.309. The van der Waals surface area contributed by atoms with Crippen LogP contribution in [0.15, 0.2) is 11.6 Å². The van der Waals surface area contributed by atoms with E-state index in [1.165, 1.54) is 56.9 Å². The number of halogens is 1. The van der Waals surface area contributed by atoms with Crippen molar-refractivity contribution in [1.82, 2.24) is 0 Å². The first-order valence-electron chi connectivity index (χ1n) is 12.8. The van der Waals surface area contributed by atoms with Crippen LogP contribution in [0.25, 0.3) is 0 Å². The van der Waals surface area contributed by atoms with Crippen molar-refractivity contribution in [2.24, 2.45) is 34.5 Å². The second-order valence-electron chi connectivity index (χ2n) is 11.8. The van der Waals surface area contributed by atoms with Crippen molar-refractivity contribution in [3.63, 3.8) is 0 Å². The number of carbonyl (C=O) groups is 1. The molecular weight excluding hydrogens is 436 g/mol. The molecule has 0 heterocycles. The van der Waals surface area contributed by atoms with Gasteiger partial charge in [0.2, 0.25) is 0 Å². The zero-order chi connectivity index (χ0) is 21.6. The molecule has 4 rings (SSSR count). The molecule has 3 heteroatoms. The van der Waals surface area contributed by atoms with Crippen molar-refractivity contribution in [3.8, 4) is 0 Å². The third-order valence-electron chi connectivity index (χ3n) is 10.4. The number of fused-ring (bicyclic) bond motifs is 5. The van der Waals surface area contributed by atoms with Gasteiger partial charge in [-0.05, 0) is 98.9 Å². The Morgan fingerprint density at radius 3 is 2.47 bits per heavy atom. The van der Waals surface area contributed by atoms with Crippen LogP contribution < -0.4 is 0 Å². The number of alkyl halides is 1. The minimum atomic E-state index is -0.511. The standard InChI is InChI=1S/C27H43BrO2/c1-25-13-10-21(29)18-20(25)17-19(9-7-5-4-6-8-16-28)24-22(25)11-14-26(2)23(24)12-15-27(26,3)30/h18-19,22-24,30H,4-17H2,1-3H3/t19-,22+,23+,24-,25+,26+,27+/m1/s1. The number of hydrogen-bond acceptors (Lipinski definition) is 2.